The number of pyridine rings is 1. The zero-order valence-electron chi connectivity index (χ0n) is 12.9. The number of aromatic nitrogens is 1. The highest BCUT2D eigenvalue weighted by molar-refractivity contribution is 6.01. The molecule has 1 aliphatic rings. The Hall–Kier alpha value is -1.62. The molecule has 5 heteroatoms. The molecule has 1 unspecified atom stereocenters. The van der Waals surface area contributed by atoms with Crippen molar-refractivity contribution in [1.29, 1.82) is 5.41 Å². The molecule has 0 saturated carbocycles. The SMILES string of the molecule is CCN1CCN(c2cc(C)nc(C)c2C(=N)N)CC1C. The number of nitrogens with two attached hydrogens (primary N) is 1. The van der Waals surface area contributed by atoms with Crippen LogP contribution < -0.4 is 10.6 Å². The Morgan fingerprint density at radius 1 is 1.45 bits per heavy atom. The summed E-state index contributed by atoms with van der Waals surface area (Å²) < 4.78 is 0. The molecule has 1 saturated heterocycles. The molecule has 1 aromatic rings. The lowest BCUT2D eigenvalue weighted by Crippen LogP contribution is -2.52. The Bertz CT molecular complexity index is 511. The second-order valence-electron chi connectivity index (χ2n) is 5.58. The van der Waals surface area contributed by atoms with Crippen LogP contribution in [-0.4, -0.2) is 47.9 Å². The van der Waals surface area contributed by atoms with Gasteiger partial charge in [0.2, 0.25) is 0 Å². The molecule has 0 aliphatic carbocycles. The topological polar surface area (TPSA) is 69.2 Å². The Morgan fingerprint density at radius 2 is 2.15 bits per heavy atom. The molecule has 2 rings (SSSR count). The van der Waals surface area contributed by atoms with E-state index in [0.717, 1.165) is 48.8 Å². The average molecular weight is 275 g/mol. The molecule has 0 bridgehead atoms. The fourth-order valence-electron chi connectivity index (χ4n) is 3.07. The molecule has 1 aromatic heterocycles. The third-order valence-electron chi connectivity index (χ3n) is 4.09. The first-order chi connectivity index (χ1) is 9.43. The van der Waals surface area contributed by atoms with Gasteiger partial charge in [-0.15, -0.1) is 0 Å². The van der Waals surface area contributed by atoms with Crippen LogP contribution >= 0.6 is 0 Å². The molecule has 0 aromatic carbocycles. The maximum Gasteiger partial charge on any atom is 0.126 e. The van der Waals surface area contributed by atoms with Gasteiger partial charge in [-0.3, -0.25) is 15.3 Å². The minimum atomic E-state index is 0.107. The van der Waals surface area contributed by atoms with Crippen molar-refractivity contribution in [3.8, 4) is 0 Å². The number of amidine groups is 1. The van der Waals surface area contributed by atoms with Gasteiger partial charge in [-0.2, -0.15) is 0 Å². The minimum absolute atomic E-state index is 0.107. The number of nitrogen functional groups attached to an aromatic ring is 1. The van der Waals surface area contributed by atoms with E-state index in [1.165, 1.54) is 0 Å². The molecule has 0 amide bonds. The van der Waals surface area contributed by atoms with E-state index in [9.17, 15) is 0 Å². The molecule has 1 atom stereocenters. The molecule has 2 heterocycles. The van der Waals surface area contributed by atoms with E-state index in [1.54, 1.807) is 0 Å². The monoisotopic (exact) mass is 275 g/mol. The Kier molecular flexibility index (Phi) is 4.28. The summed E-state index contributed by atoms with van der Waals surface area (Å²) in [6, 6.07) is 2.57. The molecule has 1 fully saturated rings. The van der Waals surface area contributed by atoms with Gasteiger partial charge in [0.15, 0.2) is 0 Å². The van der Waals surface area contributed by atoms with E-state index in [0.29, 0.717) is 6.04 Å². The Balaban J connectivity index is 2.35. The van der Waals surface area contributed by atoms with Crippen LogP contribution in [0.2, 0.25) is 0 Å². The van der Waals surface area contributed by atoms with Crippen molar-refractivity contribution in [2.24, 2.45) is 5.73 Å². The van der Waals surface area contributed by atoms with Gasteiger partial charge in [-0.1, -0.05) is 6.92 Å². The van der Waals surface area contributed by atoms with E-state index in [4.69, 9.17) is 11.1 Å². The van der Waals surface area contributed by atoms with Crippen molar-refractivity contribution in [1.82, 2.24) is 9.88 Å². The first-order valence-electron chi connectivity index (χ1n) is 7.25. The van der Waals surface area contributed by atoms with Crippen LogP contribution in [0.25, 0.3) is 0 Å². The second kappa shape index (κ2) is 5.79. The highest BCUT2D eigenvalue weighted by Gasteiger charge is 2.25. The highest BCUT2D eigenvalue weighted by Crippen LogP contribution is 2.26. The van der Waals surface area contributed by atoms with E-state index in [1.807, 2.05) is 13.8 Å². The summed E-state index contributed by atoms with van der Waals surface area (Å²) >= 11 is 0. The molecule has 1 aliphatic heterocycles. The van der Waals surface area contributed by atoms with Crippen molar-refractivity contribution in [2.75, 3.05) is 31.1 Å². The fraction of sp³-hybridized carbons (Fsp3) is 0.600. The van der Waals surface area contributed by atoms with Gasteiger partial charge in [-0.25, -0.2) is 0 Å². The lowest BCUT2D eigenvalue weighted by atomic mass is 10.1. The first-order valence-corrected chi connectivity index (χ1v) is 7.25. The summed E-state index contributed by atoms with van der Waals surface area (Å²) in [6.07, 6.45) is 0. The smallest absolute Gasteiger partial charge is 0.126 e. The number of rotatable bonds is 3. The maximum absolute atomic E-state index is 7.83. The van der Waals surface area contributed by atoms with E-state index < -0.39 is 0 Å². The summed E-state index contributed by atoms with van der Waals surface area (Å²) in [5.41, 5.74) is 9.44. The van der Waals surface area contributed by atoms with Gasteiger partial charge in [0.1, 0.15) is 5.84 Å². The van der Waals surface area contributed by atoms with Gasteiger partial charge in [0.05, 0.1) is 16.9 Å². The number of likely N-dealkylation sites (N-methyl/N-ethyl adjacent to an activating group) is 1. The molecule has 3 N–H and O–H groups in total. The molecule has 110 valence electrons. The number of hydrogen-bond donors (Lipinski definition) is 2. The van der Waals surface area contributed by atoms with Gasteiger partial charge in [0.25, 0.3) is 0 Å². The minimum Gasteiger partial charge on any atom is -0.384 e. The molecule has 0 radical (unpaired) electrons. The van der Waals surface area contributed by atoms with Crippen molar-refractivity contribution in [3.05, 3.63) is 23.0 Å². The van der Waals surface area contributed by atoms with Gasteiger partial charge in [-0.05, 0) is 33.4 Å². The molecule has 20 heavy (non-hydrogen) atoms. The summed E-state index contributed by atoms with van der Waals surface area (Å²) in [5, 5.41) is 7.83. The number of aryl methyl sites for hydroxylation is 2. The van der Waals surface area contributed by atoms with Crippen molar-refractivity contribution in [2.45, 2.75) is 33.7 Å². The van der Waals surface area contributed by atoms with Crippen molar-refractivity contribution in [3.63, 3.8) is 0 Å². The third kappa shape index (κ3) is 2.77. The summed E-state index contributed by atoms with van der Waals surface area (Å²) in [7, 11) is 0. The lowest BCUT2D eigenvalue weighted by Gasteiger charge is -2.41. The zero-order chi connectivity index (χ0) is 14.9. The van der Waals surface area contributed by atoms with Crippen molar-refractivity contribution < 1.29 is 0 Å². The van der Waals surface area contributed by atoms with Crippen LogP contribution in [-0.2, 0) is 0 Å². The highest BCUT2D eigenvalue weighted by atomic mass is 15.3. The van der Waals surface area contributed by atoms with Crippen molar-refractivity contribution >= 4 is 11.5 Å². The number of piperazine rings is 1. The van der Waals surface area contributed by atoms with Crippen LogP contribution in [0.4, 0.5) is 5.69 Å². The standard InChI is InChI=1S/C15H25N5/c1-5-19-6-7-20(9-11(19)3)13-8-10(2)18-12(4)14(13)15(16)17/h8,11H,5-7,9H2,1-4H3,(H3,16,17). The maximum atomic E-state index is 7.83. The van der Waals surface area contributed by atoms with Crippen LogP contribution in [0.1, 0.15) is 30.8 Å². The average Bonchev–Trinajstić information content (AvgIpc) is 2.37. The summed E-state index contributed by atoms with van der Waals surface area (Å²) in [6.45, 7) is 12.5. The largest absolute Gasteiger partial charge is 0.384 e. The van der Waals surface area contributed by atoms with Crippen LogP contribution in [0.15, 0.2) is 6.07 Å². The third-order valence-corrected chi connectivity index (χ3v) is 4.09. The Morgan fingerprint density at radius 3 is 2.70 bits per heavy atom. The van der Waals surface area contributed by atoms with E-state index >= 15 is 0 Å². The normalized spacial score (nSPS) is 20.2. The van der Waals surface area contributed by atoms with Crippen LogP contribution in [0.3, 0.4) is 0 Å². The van der Waals surface area contributed by atoms with Gasteiger partial charge < -0.3 is 10.6 Å². The number of nitrogens with one attached hydrogen (secondary N) is 1. The summed E-state index contributed by atoms with van der Waals surface area (Å²) in [5.74, 6) is 0.107. The summed E-state index contributed by atoms with van der Waals surface area (Å²) in [4.78, 5) is 9.26. The molecular weight excluding hydrogens is 250 g/mol. The number of hydrogen-bond acceptors (Lipinski definition) is 4. The van der Waals surface area contributed by atoms with Crippen LogP contribution in [0, 0.1) is 19.3 Å². The van der Waals surface area contributed by atoms with E-state index in [2.05, 4.69) is 34.7 Å². The number of nitrogens with zero attached hydrogens (tertiary/aromatic N) is 3. The van der Waals surface area contributed by atoms with Gasteiger partial charge in [0, 0.05) is 31.4 Å². The second-order valence-corrected chi connectivity index (χ2v) is 5.58. The van der Waals surface area contributed by atoms with E-state index in [-0.39, 0.29) is 5.84 Å². The van der Waals surface area contributed by atoms with Gasteiger partial charge >= 0.3 is 0 Å². The first kappa shape index (κ1) is 14.8. The molecular formula is C15H25N5. The molecule has 0 spiro atoms. The van der Waals surface area contributed by atoms with Crippen LogP contribution in [0.5, 0.6) is 0 Å². The lowest BCUT2D eigenvalue weighted by molar-refractivity contribution is 0.199. The fourth-order valence-corrected chi connectivity index (χ4v) is 3.07. The predicted octanol–water partition coefficient (Wildman–Crippen LogP) is 1.51. The Labute approximate surface area is 121 Å². The quantitative estimate of drug-likeness (QED) is 0.648. The predicted molar refractivity (Wildman–Crippen MR) is 83.6 cm³/mol. The zero-order valence-corrected chi connectivity index (χ0v) is 12.9. The molecule has 5 nitrogen and oxygen atoms in total. The number of anilines is 1.